The molecule has 3 nitrogen and oxygen atoms in total. The number of carbonyl (C=O) groups excluding carboxylic acids is 1. The SMILES string of the molecule is CCOC(=O)c1nc(C(F)(F)F)c2ccccc2c1-c1ccccc1. The molecule has 128 valence electrons. The largest absolute Gasteiger partial charge is 0.461 e. The Hall–Kier alpha value is -2.89. The fraction of sp³-hybridized carbons (Fsp3) is 0.158. The molecule has 0 N–H and O–H groups in total. The van der Waals surface area contributed by atoms with Gasteiger partial charge in [-0.3, -0.25) is 0 Å². The van der Waals surface area contributed by atoms with Crippen LogP contribution >= 0.6 is 0 Å². The monoisotopic (exact) mass is 345 g/mol. The first-order valence-corrected chi connectivity index (χ1v) is 7.66. The minimum atomic E-state index is -4.68. The highest BCUT2D eigenvalue weighted by atomic mass is 19.4. The summed E-state index contributed by atoms with van der Waals surface area (Å²) in [5.74, 6) is -0.877. The minimum absolute atomic E-state index is 0.0446. The van der Waals surface area contributed by atoms with Crippen LogP contribution < -0.4 is 0 Å². The second kappa shape index (κ2) is 6.55. The Bertz CT molecular complexity index is 921. The van der Waals surface area contributed by atoms with Crippen molar-refractivity contribution in [2.75, 3.05) is 6.61 Å². The molecular formula is C19H14F3NO2. The molecule has 25 heavy (non-hydrogen) atoms. The number of hydrogen-bond donors (Lipinski definition) is 0. The van der Waals surface area contributed by atoms with E-state index >= 15 is 0 Å². The molecule has 0 fully saturated rings. The van der Waals surface area contributed by atoms with Crippen LogP contribution in [0.25, 0.3) is 21.9 Å². The van der Waals surface area contributed by atoms with Crippen molar-refractivity contribution >= 4 is 16.7 Å². The smallest absolute Gasteiger partial charge is 0.433 e. The molecule has 1 aromatic heterocycles. The molecule has 0 saturated heterocycles. The lowest BCUT2D eigenvalue weighted by molar-refractivity contribution is -0.139. The maximum absolute atomic E-state index is 13.5. The van der Waals surface area contributed by atoms with Crippen molar-refractivity contribution < 1.29 is 22.7 Å². The summed E-state index contributed by atoms with van der Waals surface area (Å²) in [4.78, 5) is 16.0. The summed E-state index contributed by atoms with van der Waals surface area (Å²) in [6.45, 7) is 1.63. The Labute approximate surface area is 142 Å². The van der Waals surface area contributed by atoms with Crippen LogP contribution in [0.2, 0.25) is 0 Å². The second-order valence-electron chi connectivity index (χ2n) is 5.31. The molecule has 0 aliphatic rings. The van der Waals surface area contributed by atoms with Gasteiger partial charge < -0.3 is 4.74 Å². The summed E-state index contributed by atoms with van der Waals surface area (Å²) >= 11 is 0. The Morgan fingerprint density at radius 2 is 1.60 bits per heavy atom. The molecule has 1 heterocycles. The van der Waals surface area contributed by atoms with E-state index in [0.29, 0.717) is 16.5 Å². The van der Waals surface area contributed by atoms with E-state index in [2.05, 4.69) is 4.98 Å². The van der Waals surface area contributed by atoms with Crippen molar-refractivity contribution in [1.82, 2.24) is 4.98 Å². The molecule has 0 bridgehead atoms. The molecule has 0 spiro atoms. The Balaban J connectivity index is 2.43. The van der Waals surface area contributed by atoms with Gasteiger partial charge in [-0.2, -0.15) is 13.2 Å². The standard InChI is InChI=1S/C19H14F3NO2/c1-2-25-18(24)16-15(12-8-4-3-5-9-12)13-10-6-7-11-14(13)17(23-16)19(20,21)22/h3-11H,2H2,1H3. The highest BCUT2D eigenvalue weighted by molar-refractivity contribution is 6.07. The molecule has 0 radical (unpaired) electrons. The average Bonchev–Trinajstić information content (AvgIpc) is 2.60. The quantitative estimate of drug-likeness (QED) is 0.620. The molecule has 3 aromatic rings. The fourth-order valence-corrected chi connectivity index (χ4v) is 2.72. The second-order valence-corrected chi connectivity index (χ2v) is 5.31. The van der Waals surface area contributed by atoms with Gasteiger partial charge in [0.2, 0.25) is 0 Å². The van der Waals surface area contributed by atoms with E-state index in [1.807, 2.05) is 0 Å². The first-order valence-electron chi connectivity index (χ1n) is 7.66. The van der Waals surface area contributed by atoms with Gasteiger partial charge in [0, 0.05) is 10.9 Å². The molecule has 0 saturated carbocycles. The summed E-state index contributed by atoms with van der Waals surface area (Å²) in [5.41, 5.74) is -0.490. The lowest BCUT2D eigenvalue weighted by atomic mass is 9.95. The number of nitrogens with zero attached hydrogens (tertiary/aromatic N) is 1. The van der Waals surface area contributed by atoms with Crippen molar-refractivity contribution in [3.05, 3.63) is 66.0 Å². The zero-order chi connectivity index (χ0) is 18.0. The lowest BCUT2D eigenvalue weighted by Crippen LogP contribution is -2.16. The van der Waals surface area contributed by atoms with Crippen LogP contribution in [0.15, 0.2) is 54.6 Å². The summed E-state index contributed by atoms with van der Waals surface area (Å²) in [6.07, 6.45) is -4.68. The van der Waals surface area contributed by atoms with Gasteiger partial charge in [0.1, 0.15) is 0 Å². The van der Waals surface area contributed by atoms with E-state index in [0.717, 1.165) is 0 Å². The molecule has 0 aliphatic carbocycles. The summed E-state index contributed by atoms with van der Waals surface area (Å²) in [6, 6.07) is 14.8. The molecule has 2 aromatic carbocycles. The van der Waals surface area contributed by atoms with Crippen LogP contribution in [0.5, 0.6) is 0 Å². The first-order chi connectivity index (χ1) is 11.9. The number of fused-ring (bicyclic) bond motifs is 1. The van der Waals surface area contributed by atoms with Crippen LogP contribution in [0.1, 0.15) is 23.1 Å². The number of alkyl halides is 3. The van der Waals surface area contributed by atoms with Gasteiger partial charge in [-0.05, 0) is 17.9 Å². The molecule has 0 aliphatic heterocycles. The van der Waals surface area contributed by atoms with E-state index in [4.69, 9.17) is 4.74 Å². The number of benzene rings is 2. The number of hydrogen-bond acceptors (Lipinski definition) is 3. The highest BCUT2D eigenvalue weighted by Crippen LogP contribution is 2.39. The van der Waals surface area contributed by atoms with E-state index in [1.54, 1.807) is 49.4 Å². The third-order valence-corrected chi connectivity index (χ3v) is 3.71. The summed E-state index contributed by atoms with van der Waals surface area (Å²) in [7, 11) is 0. The normalized spacial score (nSPS) is 11.5. The van der Waals surface area contributed by atoms with Crippen LogP contribution in [-0.4, -0.2) is 17.6 Å². The Kier molecular flexibility index (Phi) is 4.44. The zero-order valence-electron chi connectivity index (χ0n) is 13.3. The zero-order valence-corrected chi connectivity index (χ0v) is 13.3. The predicted octanol–water partition coefficient (Wildman–Crippen LogP) is 5.10. The third-order valence-electron chi connectivity index (χ3n) is 3.71. The predicted molar refractivity (Wildman–Crippen MR) is 88.1 cm³/mol. The van der Waals surface area contributed by atoms with Gasteiger partial charge in [0.05, 0.1) is 6.61 Å². The number of aromatic nitrogens is 1. The van der Waals surface area contributed by atoms with E-state index in [1.165, 1.54) is 12.1 Å². The third kappa shape index (κ3) is 3.20. The average molecular weight is 345 g/mol. The van der Waals surface area contributed by atoms with Crippen LogP contribution in [0.4, 0.5) is 13.2 Å². The number of halogens is 3. The van der Waals surface area contributed by atoms with Crippen LogP contribution in [0.3, 0.4) is 0 Å². The number of esters is 1. The number of rotatable bonds is 3. The maximum atomic E-state index is 13.5. The highest BCUT2D eigenvalue weighted by Gasteiger charge is 2.37. The van der Waals surface area contributed by atoms with Crippen LogP contribution in [-0.2, 0) is 10.9 Å². The van der Waals surface area contributed by atoms with Crippen molar-refractivity contribution in [2.24, 2.45) is 0 Å². The van der Waals surface area contributed by atoms with Gasteiger partial charge in [-0.15, -0.1) is 0 Å². The van der Waals surface area contributed by atoms with Crippen molar-refractivity contribution in [1.29, 1.82) is 0 Å². The Morgan fingerprint density at radius 3 is 2.20 bits per heavy atom. The van der Waals surface area contributed by atoms with Gasteiger partial charge in [-0.1, -0.05) is 54.6 Å². The van der Waals surface area contributed by atoms with Crippen LogP contribution in [0, 0.1) is 0 Å². The van der Waals surface area contributed by atoms with Crippen molar-refractivity contribution in [2.45, 2.75) is 13.1 Å². The van der Waals surface area contributed by atoms with Gasteiger partial charge in [0.15, 0.2) is 11.4 Å². The van der Waals surface area contributed by atoms with E-state index in [9.17, 15) is 18.0 Å². The summed E-state index contributed by atoms with van der Waals surface area (Å²) in [5, 5.41) is 0.251. The van der Waals surface area contributed by atoms with E-state index < -0.39 is 17.8 Å². The minimum Gasteiger partial charge on any atom is -0.461 e. The van der Waals surface area contributed by atoms with Crippen molar-refractivity contribution in [3.8, 4) is 11.1 Å². The lowest BCUT2D eigenvalue weighted by Gasteiger charge is -2.16. The molecule has 0 atom stereocenters. The number of ether oxygens (including phenoxy) is 1. The van der Waals surface area contributed by atoms with Crippen molar-refractivity contribution in [3.63, 3.8) is 0 Å². The number of pyridine rings is 1. The topological polar surface area (TPSA) is 39.2 Å². The molecule has 0 unspecified atom stereocenters. The fourth-order valence-electron chi connectivity index (χ4n) is 2.72. The molecule has 0 amide bonds. The van der Waals surface area contributed by atoms with Gasteiger partial charge in [-0.25, -0.2) is 9.78 Å². The summed E-state index contributed by atoms with van der Waals surface area (Å²) < 4.78 is 45.3. The number of carbonyl (C=O) groups is 1. The first kappa shape index (κ1) is 17.0. The molecule has 3 rings (SSSR count). The molecular weight excluding hydrogens is 331 g/mol. The van der Waals surface area contributed by atoms with Gasteiger partial charge >= 0.3 is 12.1 Å². The molecule has 6 heteroatoms. The Morgan fingerprint density at radius 1 is 1.00 bits per heavy atom. The van der Waals surface area contributed by atoms with E-state index in [-0.39, 0.29) is 17.7 Å². The van der Waals surface area contributed by atoms with Gasteiger partial charge in [0.25, 0.3) is 0 Å². The maximum Gasteiger partial charge on any atom is 0.433 e.